The number of Topliss-reactive ketones (excluding diaryl/α,β-unsaturated/α-hetero) is 2. The van der Waals surface area contributed by atoms with Gasteiger partial charge in [0.2, 0.25) is 0 Å². The number of rotatable bonds is 12. The van der Waals surface area contributed by atoms with Crippen molar-refractivity contribution < 1.29 is 53.8 Å². The molecule has 0 aliphatic heterocycles. The lowest BCUT2D eigenvalue weighted by atomic mass is 10.0. The highest BCUT2D eigenvalue weighted by molar-refractivity contribution is 9.10. The zero-order valence-corrected chi connectivity index (χ0v) is 28.8. The van der Waals surface area contributed by atoms with E-state index < -0.39 is 51.5 Å². The van der Waals surface area contributed by atoms with Crippen molar-refractivity contribution in [1.82, 2.24) is 0 Å². The summed E-state index contributed by atoms with van der Waals surface area (Å²) in [7, 11) is -4.92. The summed E-state index contributed by atoms with van der Waals surface area (Å²) in [5.41, 5.74) is 0.270. The van der Waals surface area contributed by atoms with E-state index in [2.05, 4.69) is 41.3 Å². The minimum Gasteiger partial charge on any atom is -0.405 e. The highest BCUT2D eigenvalue weighted by atomic mass is 79.9. The van der Waals surface area contributed by atoms with Gasteiger partial charge in [-0.15, -0.1) is 26.3 Å². The maximum Gasteiger partial charge on any atom is 0.573 e. The van der Waals surface area contributed by atoms with Gasteiger partial charge in [0.05, 0.1) is 18.8 Å². The van der Waals surface area contributed by atoms with Gasteiger partial charge in [0.1, 0.15) is 22.2 Å². The fourth-order valence-corrected chi connectivity index (χ4v) is 7.14. The number of alkyl halides is 6. The van der Waals surface area contributed by atoms with Crippen molar-refractivity contribution in [3.63, 3.8) is 0 Å². The molecule has 0 saturated carbocycles. The summed E-state index contributed by atoms with van der Waals surface area (Å²) < 4.78 is 117. The molecule has 0 heterocycles. The predicted molar refractivity (Wildman–Crippen MR) is 173 cm³/mol. The van der Waals surface area contributed by atoms with Gasteiger partial charge in [-0.2, -0.15) is 0 Å². The summed E-state index contributed by atoms with van der Waals surface area (Å²) in [6, 6.07) is 15.8. The van der Waals surface area contributed by atoms with Crippen molar-refractivity contribution >= 4 is 75.6 Å². The molecule has 0 bridgehead atoms. The Morgan fingerprint density at radius 3 is 1.77 bits per heavy atom. The second-order valence-electron chi connectivity index (χ2n) is 10.4. The predicted octanol–water partition coefficient (Wildman–Crippen LogP) is 8.54. The summed E-state index contributed by atoms with van der Waals surface area (Å²) in [5.74, 6) is -2.55. The van der Waals surface area contributed by atoms with Gasteiger partial charge in [0, 0.05) is 37.5 Å². The number of fused-ring (bicyclic) bond motifs is 1. The van der Waals surface area contributed by atoms with E-state index in [0.717, 1.165) is 25.1 Å². The van der Waals surface area contributed by atoms with Crippen molar-refractivity contribution in [3.8, 4) is 11.5 Å². The van der Waals surface area contributed by atoms with Crippen molar-refractivity contribution in [2.24, 2.45) is 0 Å². The van der Waals surface area contributed by atoms with Crippen LogP contribution in [0.25, 0.3) is 10.8 Å². The monoisotopic (exact) mass is 824 g/mol. The molecule has 8 nitrogen and oxygen atoms in total. The molecule has 0 aliphatic rings. The number of carbonyl (C=O) groups excluding carboxylic acids is 2. The third-order valence-electron chi connectivity index (χ3n) is 6.58. The SMILES string of the molecule is CC(=O)CN(Cc1ccc(Br)cc1OC(F)(F)F)c1ccc(N(CC(C)=O)S(=O)(=O)c2ccc(Br)cc2OC(F)(F)F)c2ccccc12. The molecule has 0 amide bonds. The Labute approximate surface area is 287 Å². The number of halogens is 8. The van der Waals surface area contributed by atoms with Crippen molar-refractivity contribution in [3.05, 3.63) is 87.3 Å². The van der Waals surface area contributed by atoms with E-state index in [1.807, 2.05) is 0 Å². The summed E-state index contributed by atoms with van der Waals surface area (Å²) in [6.07, 6.45) is -10.3. The Morgan fingerprint density at radius 1 is 0.708 bits per heavy atom. The van der Waals surface area contributed by atoms with E-state index in [4.69, 9.17) is 0 Å². The smallest absolute Gasteiger partial charge is 0.405 e. The number of hydrogen-bond donors (Lipinski definition) is 0. The van der Waals surface area contributed by atoms with Crippen LogP contribution in [-0.2, 0) is 26.2 Å². The van der Waals surface area contributed by atoms with Crippen molar-refractivity contribution in [1.29, 1.82) is 0 Å². The van der Waals surface area contributed by atoms with Crippen molar-refractivity contribution in [2.45, 2.75) is 38.0 Å². The topological polar surface area (TPSA) is 93.2 Å². The summed E-state index contributed by atoms with van der Waals surface area (Å²) in [5, 5.41) is 0.518. The van der Waals surface area contributed by atoms with E-state index >= 15 is 0 Å². The number of nitrogens with zero attached hydrogens (tertiary/aromatic N) is 2. The van der Waals surface area contributed by atoms with E-state index in [-0.39, 0.29) is 40.0 Å². The molecule has 0 fully saturated rings. The molecular weight excluding hydrogens is 802 g/mol. The minimum atomic E-state index is -5.25. The maximum absolute atomic E-state index is 14.1. The first kappa shape index (κ1) is 37.0. The number of sulfonamides is 1. The van der Waals surface area contributed by atoms with Crippen LogP contribution in [-0.4, -0.2) is 45.8 Å². The molecule has 0 spiro atoms. The minimum absolute atomic E-state index is 0.0677. The maximum atomic E-state index is 14.1. The highest BCUT2D eigenvalue weighted by Crippen LogP contribution is 2.41. The van der Waals surface area contributed by atoms with Crippen LogP contribution in [0.1, 0.15) is 19.4 Å². The zero-order valence-electron chi connectivity index (χ0n) is 24.8. The third kappa shape index (κ3) is 9.19. The number of ether oxygens (including phenoxy) is 2. The van der Waals surface area contributed by atoms with Gasteiger partial charge in [0.15, 0.2) is 5.75 Å². The average Bonchev–Trinajstić information content (AvgIpc) is 2.94. The molecule has 4 rings (SSSR count). The largest absolute Gasteiger partial charge is 0.573 e. The van der Waals surface area contributed by atoms with Gasteiger partial charge in [-0.25, -0.2) is 8.42 Å². The fraction of sp³-hybridized carbons (Fsp3) is 0.226. The van der Waals surface area contributed by atoms with Gasteiger partial charge < -0.3 is 14.4 Å². The Hall–Kier alpha value is -3.83. The summed E-state index contributed by atoms with van der Waals surface area (Å²) in [6.45, 7) is 1.06. The number of ketones is 2. The molecule has 4 aromatic carbocycles. The van der Waals surface area contributed by atoms with E-state index in [1.54, 1.807) is 18.2 Å². The molecule has 0 aromatic heterocycles. The van der Waals surface area contributed by atoms with Gasteiger partial charge in [0.25, 0.3) is 10.0 Å². The molecule has 4 aromatic rings. The van der Waals surface area contributed by atoms with Crippen LogP contribution in [0, 0.1) is 0 Å². The van der Waals surface area contributed by atoms with Gasteiger partial charge in [-0.3, -0.25) is 13.9 Å². The number of carbonyl (C=O) groups is 2. The fourth-order valence-electron chi connectivity index (χ4n) is 4.86. The lowest BCUT2D eigenvalue weighted by molar-refractivity contribution is -0.276. The van der Waals surface area contributed by atoms with Crippen LogP contribution in [0.5, 0.6) is 11.5 Å². The first-order valence-corrected chi connectivity index (χ1v) is 16.7. The Morgan fingerprint density at radius 2 is 1.21 bits per heavy atom. The molecule has 0 unspecified atom stereocenters. The molecule has 0 aliphatic carbocycles. The van der Waals surface area contributed by atoms with E-state index in [1.165, 1.54) is 48.2 Å². The van der Waals surface area contributed by atoms with E-state index in [0.29, 0.717) is 19.9 Å². The molecule has 17 heteroatoms. The lowest BCUT2D eigenvalue weighted by Crippen LogP contribution is -2.36. The van der Waals surface area contributed by atoms with E-state index in [9.17, 15) is 44.3 Å². The number of benzene rings is 4. The molecule has 256 valence electrons. The number of hydrogen-bond acceptors (Lipinski definition) is 7. The van der Waals surface area contributed by atoms with Gasteiger partial charge in [-0.1, -0.05) is 62.2 Å². The molecule has 0 N–H and O–H groups in total. The Kier molecular flexibility index (Phi) is 11.1. The van der Waals surface area contributed by atoms with Crippen LogP contribution >= 0.6 is 31.9 Å². The molecular formula is C31H24Br2F6N2O6S. The molecule has 48 heavy (non-hydrogen) atoms. The first-order chi connectivity index (χ1) is 22.2. The molecule has 0 radical (unpaired) electrons. The van der Waals surface area contributed by atoms with Crippen LogP contribution in [0.2, 0.25) is 0 Å². The van der Waals surface area contributed by atoms with Gasteiger partial charge in [-0.05, 0) is 56.3 Å². The van der Waals surface area contributed by atoms with Gasteiger partial charge >= 0.3 is 12.7 Å². The third-order valence-corrected chi connectivity index (χ3v) is 9.37. The van der Waals surface area contributed by atoms with Crippen LogP contribution in [0.15, 0.2) is 86.6 Å². The summed E-state index contributed by atoms with van der Waals surface area (Å²) >= 11 is 6.13. The van der Waals surface area contributed by atoms with Crippen LogP contribution < -0.4 is 18.7 Å². The molecule has 0 atom stereocenters. The Bertz CT molecular complexity index is 1970. The molecule has 0 saturated heterocycles. The first-order valence-electron chi connectivity index (χ1n) is 13.6. The summed E-state index contributed by atoms with van der Waals surface area (Å²) in [4.78, 5) is 25.4. The number of anilines is 2. The zero-order chi connectivity index (χ0) is 35.6. The highest BCUT2D eigenvalue weighted by Gasteiger charge is 2.37. The van der Waals surface area contributed by atoms with Crippen LogP contribution in [0.4, 0.5) is 37.7 Å². The Balaban J connectivity index is 1.90. The normalized spacial score (nSPS) is 12.1. The second-order valence-corrected chi connectivity index (χ2v) is 14.0. The quantitative estimate of drug-likeness (QED) is 0.132. The standard InChI is InChI=1S/C31H24Br2F6N2O6S/c1-18(42)15-40(17-20-7-8-21(32)13-27(20)46-30(34,35)36)25-10-11-26(24-6-4-3-5-23(24)25)41(16-19(2)43)48(44,45)29-12-9-22(33)14-28(29)47-31(37,38)39/h3-14H,15-17H2,1-2H3. The second kappa shape index (κ2) is 14.3. The lowest BCUT2D eigenvalue weighted by Gasteiger charge is -2.30. The van der Waals surface area contributed by atoms with Crippen LogP contribution in [0.3, 0.4) is 0 Å². The average molecular weight is 826 g/mol. The van der Waals surface area contributed by atoms with Crippen molar-refractivity contribution in [2.75, 3.05) is 22.3 Å².